The third-order valence-electron chi connectivity index (χ3n) is 4.26. The van der Waals surface area contributed by atoms with Crippen molar-refractivity contribution in [1.82, 2.24) is 16.0 Å². The SMILES string of the molecule is CC(=O)N[C@H]1C(OC[C@H](N)C(=O)N[C@@H](CO)C(=O)NCC(=O)O)O[C@H](CO)[C@H](O)[C@@H]1O. The number of aliphatic hydroxyl groups is 4. The number of ether oxygens (including phenoxy) is 2. The van der Waals surface area contributed by atoms with Crippen LogP contribution in [-0.4, -0.2) is 118 Å². The molecule has 1 aliphatic heterocycles. The lowest BCUT2D eigenvalue weighted by Gasteiger charge is -2.42. The van der Waals surface area contributed by atoms with Gasteiger partial charge in [-0.25, -0.2) is 0 Å². The number of nitrogens with one attached hydrogen (secondary N) is 3. The number of amides is 3. The molecule has 1 fully saturated rings. The van der Waals surface area contributed by atoms with E-state index in [1.807, 2.05) is 5.32 Å². The van der Waals surface area contributed by atoms with Crippen molar-refractivity contribution in [2.75, 3.05) is 26.4 Å². The van der Waals surface area contributed by atoms with Crippen LogP contribution in [0.5, 0.6) is 0 Å². The standard InChI is InChI=1S/C16H28N4O11/c1-6(23)19-11-13(27)12(26)9(4-22)31-16(11)30-5-7(17)14(28)20-8(3-21)15(29)18-2-10(24)25/h7-9,11-13,16,21-22,26-27H,2-5,17H2,1H3,(H,18,29)(H,19,23)(H,20,28)(H,24,25)/t7-,8-,9+,11+,12-,13+,16?/m0/s1. The van der Waals surface area contributed by atoms with E-state index in [0.29, 0.717) is 0 Å². The molecule has 0 bridgehead atoms. The summed E-state index contributed by atoms with van der Waals surface area (Å²) in [5.74, 6) is -3.78. The number of rotatable bonds is 11. The summed E-state index contributed by atoms with van der Waals surface area (Å²) in [5, 5.41) is 53.6. The molecule has 0 spiro atoms. The van der Waals surface area contributed by atoms with Gasteiger partial charge in [-0.2, -0.15) is 0 Å². The van der Waals surface area contributed by atoms with Crippen molar-refractivity contribution in [2.24, 2.45) is 5.73 Å². The molecule has 31 heavy (non-hydrogen) atoms. The van der Waals surface area contributed by atoms with Crippen molar-refractivity contribution >= 4 is 23.7 Å². The Morgan fingerprint density at radius 1 is 1.13 bits per heavy atom. The van der Waals surface area contributed by atoms with Crippen molar-refractivity contribution in [3.05, 3.63) is 0 Å². The molecule has 0 radical (unpaired) electrons. The minimum Gasteiger partial charge on any atom is -0.480 e. The molecule has 15 nitrogen and oxygen atoms in total. The Morgan fingerprint density at radius 3 is 2.29 bits per heavy atom. The summed E-state index contributed by atoms with van der Waals surface area (Å²) in [4.78, 5) is 45.8. The molecule has 15 heteroatoms. The van der Waals surface area contributed by atoms with E-state index in [1.54, 1.807) is 0 Å². The molecule has 10 N–H and O–H groups in total. The van der Waals surface area contributed by atoms with Crippen molar-refractivity contribution in [2.45, 2.75) is 49.7 Å². The summed E-state index contributed by atoms with van der Waals surface area (Å²) < 4.78 is 10.7. The zero-order valence-corrected chi connectivity index (χ0v) is 16.6. The molecule has 1 rings (SSSR count). The molecule has 178 valence electrons. The smallest absolute Gasteiger partial charge is 0.322 e. The molecular weight excluding hydrogens is 424 g/mol. The Balaban J connectivity index is 2.70. The summed E-state index contributed by atoms with van der Waals surface area (Å²) in [5.41, 5.74) is 5.69. The van der Waals surface area contributed by atoms with E-state index >= 15 is 0 Å². The van der Waals surface area contributed by atoms with Gasteiger partial charge in [-0.1, -0.05) is 0 Å². The van der Waals surface area contributed by atoms with Crippen molar-refractivity contribution < 1.29 is 54.2 Å². The molecule has 0 saturated carbocycles. The molecule has 0 aromatic heterocycles. The third-order valence-corrected chi connectivity index (χ3v) is 4.26. The van der Waals surface area contributed by atoms with Crippen LogP contribution in [0.2, 0.25) is 0 Å². The number of nitrogens with two attached hydrogens (primary N) is 1. The maximum atomic E-state index is 12.2. The Labute approximate surface area is 176 Å². The second-order valence-corrected chi connectivity index (χ2v) is 6.73. The molecule has 0 aromatic rings. The van der Waals surface area contributed by atoms with Crippen molar-refractivity contribution in [3.63, 3.8) is 0 Å². The summed E-state index contributed by atoms with van der Waals surface area (Å²) >= 11 is 0. The fraction of sp³-hybridized carbons (Fsp3) is 0.750. The molecule has 0 aliphatic carbocycles. The first-order valence-electron chi connectivity index (χ1n) is 9.19. The molecule has 1 unspecified atom stereocenters. The lowest BCUT2D eigenvalue weighted by Crippen LogP contribution is -2.65. The van der Waals surface area contributed by atoms with Crippen LogP contribution in [0.15, 0.2) is 0 Å². The monoisotopic (exact) mass is 452 g/mol. The molecule has 3 amide bonds. The predicted molar refractivity (Wildman–Crippen MR) is 99.0 cm³/mol. The Morgan fingerprint density at radius 2 is 1.77 bits per heavy atom. The topological polar surface area (TPSA) is 250 Å². The van der Waals surface area contributed by atoms with Crippen LogP contribution in [-0.2, 0) is 28.7 Å². The van der Waals surface area contributed by atoms with Crippen LogP contribution in [0.3, 0.4) is 0 Å². The van der Waals surface area contributed by atoms with Crippen LogP contribution in [0, 0.1) is 0 Å². The van der Waals surface area contributed by atoms with E-state index in [1.165, 1.54) is 0 Å². The summed E-state index contributed by atoms with van der Waals surface area (Å²) in [6, 6.07) is -4.11. The van der Waals surface area contributed by atoms with E-state index < -0.39 is 92.8 Å². The highest BCUT2D eigenvalue weighted by atomic mass is 16.7. The maximum absolute atomic E-state index is 12.2. The fourth-order valence-corrected chi connectivity index (χ4v) is 2.65. The number of carboxylic acids is 1. The molecular formula is C16H28N4O11. The summed E-state index contributed by atoms with van der Waals surface area (Å²) in [6.07, 6.45) is -5.69. The van der Waals surface area contributed by atoms with E-state index in [2.05, 4.69) is 10.6 Å². The first-order valence-corrected chi connectivity index (χ1v) is 9.19. The van der Waals surface area contributed by atoms with Gasteiger partial charge in [-0.05, 0) is 0 Å². The van der Waals surface area contributed by atoms with E-state index in [9.17, 15) is 39.6 Å². The summed E-state index contributed by atoms with van der Waals surface area (Å²) in [7, 11) is 0. The normalized spacial score (nSPS) is 27.6. The molecule has 1 heterocycles. The number of aliphatic hydroxyl groups excluding tert-OH is 4. The van der Waals surface area contributed by atoms with Gasteiger partial charge in [0.1, 0.15) is 43.0 Å². The highest BCUT2D eigenvalue weighted by Crippen LogP contribution is 2.22. The largest absolute Gasteiger partial charge is 0.480 e. The van der Waals surface area contributed by atoms with Gasteiger partial charge in [-0.15, -0.1) is 0 Å². The van der Waals surface area contributed by atoms with Gasteiger partial charge in [0.25, 0.3) is 0 Å². The molecule has 7 atom stereocenters. The van der Waals surface area contributed by atoms with E-state index in [0.717, 1.165) is 6.92 Å². The molecule has 0 aromatic carbocycles. The second kappa shape index (κ2) is 12.5. The van der Waals surface area contributed by atoms with Crippen LogP contribution < -0.4 is 21.7 Å². The average Bonchev–Trinajstić information content (AvgIpc) is 2.72. The second-order valence-electron chi connectivity index (χ2n) is 6.73. The quantitative estimate of drug-likeness (QED) is 0.142. The van der Waals surface area contributed by atoms with Crippen LogP contribution >= 0.6 is 0 Å². The van der Waals surface area contributed by atoms with Crippen molar-refractivity contribution in [1.29, 1.82) is 0 Å². The van der Waals surface area contributed by atoms with Gasteiger partial charge in [0.15, 0.2) is 6.29 Å². The van der Waals surface area contributed by atoms with Crippen LogP contribution in [0.4, 0.5) is 0 Å². The fourth-order valence-electron chi connectivity index (χ4n) is 2.65. The lowest BCUT2D eigenvalue weighted by atomic mass is 9.97. The maximum Gasteiger partial charge on any atom is 0.322 e. The summed E-state index contributed by atoms with van der Waals surface area (Å²) in [6.45, 7) is -1.60. The molecule has 1 aliphatic rings. The number of carbonyl (C=O) groups excluding carboxylic acids is 3. The zero-order chi connectivity index (χ0) is 23.7. The van der Waals surface area contributed by atoms with Gasteiger partial charge in [0.05, 0.1) is 19.8 Å². The highest BCUT2D eigenvalue weighted by molar-refractivity contribution is 5.91. The van der Waals surface area contributed by atoms with Gasteiger partial charge < -0.3 is 56.7 Å². The van der Waals surface area contributed by atoms with Crippen molar-refractivity contribution in [3.8, 4) is 0 Å². The minimum atomic E-state index is -1.55. The number of carbonyl (C=O) groups is 4. The third kappa shape index (κ3) is 7.98. The predicted octanol–water partition coefficient (Wildman–Crippen LogP) is -6.05. The Bertz CT molecular complexity index is 649. The Kier molecular flexibility index (Phi) is 10.7. The van der Waals surface area contributed by atoms with Crippen LogP contribution in [0.25, 0.3) is 0 Å². The zero-order valence-electron chi connectivity index (χ0n) is 16.6. The van der Waals surface area contributed by atoms with Gasteiger partial charge in [-0.3, -0.25) is 19.2 Å². The van der Waals surface area contributed by atoms with Gasteiger partial charge in [0, 0.05) is 6.92 Å². The lowest BCUT2D eigenvalue weighted by molar-refractivity contribution is -0.270. The van der Waals surface area contributed by atoms with E-state index in [4.69, 9.17) is 20.3 Å². The number of hydrogen-bond donors (Lipinski definition) is 9. The first-order chi connectivity index (χ1) is 14.5. The van der Waals surface area contributed by atoms with Gasteiger partial charge >= 0.3 is 5.97 Å². The number of aliphatic carboxylic acids is 1. The number of hydrogen-bond acceptors (Lipinski definition) is 11. The minimum absolute atomic E-state index is 0.539. The first kappa shape index (κ1) is 26.6. The number of carboxylic acid groups (broad SMARTS) is 1. The van der Waals surface area contributed by atoms with Crippen LogP contribution in [0.1, 0.15) is 6.92 Å². The van der Waals surface area contributed by atoms with E-state index in [-0.39, 0.29) is 0 Å². The Hall–Kier alpha value is -2.40. The van der Waals surface area contributed by atoms with Gasteiger partial charge in [0.2, 0.25) is 17.7 Å². The molecule has 1 saturated heterocycles. The highest BCUT2D eigenvalue weighted by Gasteiger charge is 2.45. The average molecular weight is 452 g/mol.